The van der Waals surface area contributed by atoms with Crippen LogP contribution in [-0.4, -0.2) is 92.7 Å². The monoisotopic (exact) mass is 448 g/mol. The van der Waals surface area contributed by atoms with E-state index in [0.29, 0.717) is 64.4 Å². The van der Waals surface area contributed by atoms with Crippen LogP contribution in [0.3, 0.4) is 0 Å². The fourth-order valence-electron chi connectivity index (χ4n) is 4.38. The second-order valence-corrected chi connectivity index (χ2v) is 8.22. The Balaban J connectivity index is 1.65. The molecule has 3 atom stereocenters. The number of hydroxylamine groups is 1. The number of hydrogen-bond donors (Lipinski definition) is 3. The minimum atomic E-state index is -1.66. The number of unbranched alkanes of at least 4 members (excludes halogenated alkanes) is 1. The second-order valence-electron chi connectivity index (χ2n) is 8.22. The summed E-state index contributed by atoms with van der Waals surface area (Å²) in [6.45, 7) is 4.57. The van der Waals surface area contributed by atoms with Gasteiger partial charge in [-0.3, -0.25) is 19.6 Å². The number of carbonyl (C=O) groups is 3. The quantitative estimate of drug-likeness (QED) is 0.367. The lowest BCUT2D eigenvalue weighted by Gasteiger charge is -2.38. The van der Waals surface area contributed by atoms with E-state index < -0.39 is 29.9 Å². The molecule has 11 nitrogen and oxygen atoms in total. The van der Waals surface area contributed by atoms with E-state index >= 15 is 0 Å². The van der Waals surface area contributed by atoms with Gasteiger partial charge in [0.15, 0.2) is 0 Å². The fourth-order valence-corrected chi connectivity index (χ4v) is 4.38. The third-order valence-corrected chi connectivity index (χ3v) is 6.19. The van der Waals surface area contributed by atoms with E-state index in [4.69, 9.17) is 5.21 Å². The van der Waals surface area contributed by atoms with Gasteiger partial charge in [-0.25, -0.2) is 15.4 Å². The van der Waals surface area contributed by atoms with Crippen LogP contribution in [0.5, 0.6) is 0 Å². The SMILES string of the molecule is CCCC[C@@H](C(=O)N1CCC[C@H]1C(=O)N1CCN(c2ncccn2)CC1)[C@H](O)C(=O)NO. The summed E-state index contributed by atoms with van der Waals surface area (Å²) in [6.07, 6.45) is 4.67. The molecule has 0 spiro atoms. The van der Waals surface area contributed by atoms with Gasteiger partial charge in [0.05, 0.1) is 5.92 Å². The van der Waals surface area contributed by atoms with Gasteiger partial charge in [-0.15, -0.1) is 0 Å². The summed E-state index contributed by atoms with van der Waals surface area (Å²) in [5.74, 6) is -1.91. The molecule has 0 saturated carbocycles. The van der Waals surface area contributed by atoms with Gasteiger partial charge in [0.1, 0.15) is 12.1 Å². The van der Waals surface area contributed by atoms with Gasteiger partial charge in [0, 0.05) is 45.1 Å². The zero-order valence-corrected chi connectivity index (χ0v) is 18.4. The van der Waals surface area contributed by atoms with E-state index in [1.54, 1.807) is 23.4 Å². The molecule has 0 aliphatic carbocycles. The maximum Gasteiger partial charge on any atom is 0.272 e. The Hall–Kier alpha value is -2.79. The van der Waals surface area contributed by atoms with Crippen LogP contribution in [0.25, 0.3) is 0 Å². The molecular weight excluding hydrogens is 416 g/mol. The van der Waals surface area contributed by atoms with Crippen LogP contribution in [0.1, 0.15) is 39.0 Å². The van der Waals surface area contributed by atoms with Gasteiger partial charge in [0.25, 0.3) is 5.91 Å². The molecule has 32 heavy (non-hydrogen) atoms. The summed E-state index contributed by atoms with van der Waals surface area (Å²) in [4.78, 5) is 52.1. The number of aliphatic hydroxyl groups is 1. The van der Waals surface area contributed by atoms with E-state index in [2.05, 4.69) is 9.97 Å². The summed E-state index contributed by atoms with van der Waals surface area (Å²) in [6, 6.07) is 1.15. The highest BCUT2D eigenvalue weighted by molar-refractivity contribution is 5.92. The third kappa shape index (κ3) is 5.33. The van der Waals surface area contributed by atoms with Gasteiger partial charge < -0.3 is 19.8 Å². The Kier molecular flexibility index (Phi) is 8.34. The van der Waals surface area contributed by atoms with Crippen LogP contribution in [0, 0.1) is 5.92 Å². The summed E-state index contributed by atoms with van der Waals surface area (Å²) in [7, 11) is 0. The number of aromatic nitrogens is 2. The Morgan fingerprint density at radius 1 is 1.16 bits per heavy atom. The van der Waals surface area contributed by atoms with Crippen molar-refractivity contribution in [2.45, 2.75) is 51.2 Å². The molecule has 0 aromatic carbocycles. The molecule has 0 unspecified atom stereocenters. The maximum absolute atomic E-state index is 13.3. The first-order valence-electron chi connectivity index (χ1n) is 11.2. The molecule has 0 radical (unpaired) electrons. The first-order chi connectivity index (χ1) is 15.5. The Labute approximate surface area is 187 Å². The van der Waals surface area contributed by atoms with Crippen molar-refractivity contribution in [3.63, 3.8) is 0 Å². The summed E-state index contributed by atoms with van der Waals surface area (Å²) in [5, 5.41) is 19.2. The zero-order valence-electron chi connectivity index (χ0n) is 18.4. The van der Waals surface area contributed by atoms with Crippen molar-refractivity contribution in [3.05, 3.63) is 18.5 Å². The Bertz CT molecular complexity index is 786. The van der Waals surface area contributed by atoms with E-state index in [0.717, 1.165) is 6.42 Å². The van der Waals surface area contributed by atoms with E-state index in [9.17, 15) is 19.5 Å². The maximum atomic E-state index is 13.3. The van der Waals surface area contributed by atoms with Crippen LogP contribution >= 0.6 is 0 Å². The van der Waals surface area contributed by atoms with Crippen molar-refractivity contribution >= 4 is 23.7 Å². The fraction of sp³-hybridized carbons (Fsp3) is 0.667. The number of rotatable bonds is 8. The summed E-state index contributed by atoms with van der Waals surface area (Å²) >= 11 is 0. The highest BCUT2D eigenvalue weighted by Crippen LogP contribution is 2.26. The van der Waals surface area contributed by atoms with Crippen molar-refractivity contribution in [1.82, 2.24) is 25.2 Å². The minimum Gasteiger partial charge on any atom is -0.382 e. The second kappa shape index (κ2) is 11.2. The predicted molar refractivity (Wildman–Crippen MR) is 115 cm³/mol. The lowest BCUT2D eigenvalue weighted by molar-refractivity contribution is -0.154. The lowest BCUT2D eigenvalue weighted by atomic mass is 9.93. The molecule has 176 valence electrons. The highest BCUT2D eigenvalue weighted by atomic mass is 16.5. The van der Waals surface area contributed by atoms with Crippen molar-refractivity contribution in [2.24, 2.45) is 5.92 Å². The number of hydrogen-bond acceptors (Lipinski definition) is 8. The van der Waals surface area contributed by atoms with Gasteiger partial charge >= 0.3 is 0 Å². The molecule has 1 aromatic rings. The van der Waals surface area contributed by atoms with E-state index in [1.807, 2.05) is 11.8 Å². The van der Waals surface area contributed by atoms with Crippen molar-refractivity contribution in [2.75, 3.05) is 37.6 Å². The van der Waals surface area contributed by atoms with Gasteiger partial charge in [-0.2, -0.15) is 0 Å². The molecule has 2 aliphatic rings. The van der Waals surface area contributed by atoms with Crippen molar-refractivity contribution in [3.8, 4) is 0 Å². The average Bonchev–Trinajstić information content (AvgIpc) is 3.33. The largest absolute Gasteiger partial charge is 0.382 e. The molecule has 3 heterocycles. The van der Waals surface area contributed by atoms with E-state index in [-0.39, 0.29) is 5.91 Å². The number of likely N-dealkylation sites (tertiary alicyclic amines) is 1. The summed E-state index contributed by atoms with van der Waals surface area (Å²) < 4.78 is 0. The smallest absolute Gasteiger partial charge is 0.272 e. The summed E-state index contributed by atoms with van der Waals surface area (Å²) in [5.41, 5.74) is 1.42. The molecule has 1 aromatic heterocycles. The third-order valence-electron chi connectivity index (χ3n) is 6.19. The number of amides is 3. The number of carbonyl (C=O) groups excluding carboxylic acids is 3. The molecule has 0 bridgehead atoms. The number of piperazine rings is 1. The van der Waals surface area contributed by atoms with Crippen LogP contribution < -0.4 is 10.4 Å². The van der Waals surface area contributed by atoms with Crippen molar-refractivity contribution < 1.29 is 24.7 Å². The van der Waals surface area contributed by atoms with Crippen LogP contribution in [0.2, 0.25) is 0 Å². The molecule has 3 N–H and O–H groups in total. The molecule has 2 aliphatic heterocycles. The number of aliphatic hydroxyl groups excluding tert-OH is 1. The van der Waals surface area contributed by atoms with Gasteiger partial charge in [-0.1, -0.05) is 19.8 Å². The molecule has 2 saturated heterocycles. The Morgan fingerprint density at radius 2 is 1.84 bits per heavy atom. The first-order valence-corrected chi connectivity index (χ1v) is 11.2. The van der Waals surface area contributed by atoms with Gasteiger partial charge in [0.2, 0.25) is 17.8 Å². The lowest BCUT2D eigenvalue weighted by Crippen LogP contribution is -2.56. The zero-order chi connectivity index (χ0) is 23.1. The highest BCUT2D eigenvalue weighted by Gasteiger charge is 2.42. The van der Waals surface area contributed by atoms with Crippen LogP contribution in [0.4, 0.5) is 5.95 Å². The molecule has 11 heteroatoms. The minimum absolute atomic E-state index is 0.111. The standard InChI is InChI=1S/C21H32N6O5/c1-2-3-6-15(17(28)18(29)24-32)19(30)27-10-4-7-16(27)20(31)25-11-13-26(14-12-25)21-22-8-5-9-23-21/h5,8-9,15-17,28,32H,2-4,6-7,10-14H2,1H3,(H,24,29)/t15-,16+,17+/m1/s1. The van der Waals surface area contributed by atoms with E-state index in [1.165, 1.54) is 10.4 Å². The molecule has 3 amide bonds. The number of nitrogens with zero attached hydrogens (tertiary/aromatic N) is 5. The average molecular weight is 449 g/mol. The predicted octanol–water partition coefficient (Wildman–Crippen LogP) is -0.211. The molecule has 2 fully saturated rings. The van der Waals surface area contributed by atoms with Crippen LogP contribution in [-0.2, 0) is 14.4 Å². The first kappa shape index (κ1) is 23.9. The van der Waals surface area contributed by atoms with Crippen molar-refractivity contribution in [1.29, 1.82) is 0 Å². The number of anilines is 1. The van der Waals surface area contributed by atoms with Gasteiger partial charge in [-0.05, 0) is 25.3 Å². The molecular formula is C21H32N6O5. The normalized spacial score (nSPS) is 20.7. The number of nitrogens with one attached hydrogen (secondary N) is 1. The topological polar surface area (TPSA) is 139 Å². The Morgan fingerprint density at radius 3 is 2.47 bits per heavy atom. The van der Waals surface area contributed by atoms with Crippen LogP contribution in [0.15, 0.2) is 18.5 Å². The molecule has 3 rings (SSSR count).